The number of nitrogens with one attached hydrogen (secondary N) is 1. The van der Waals surface area contributed by atoms with Crippen LogP contribution in [0.15, 0.2) is 23.0 Å². The Labute approximate surface area is 188 Å². The molecule has 32 heavy (non-hydrogen) atoms. The number of methoxy groups -OCH3 is 2. The van der Waals surface area contributed by atoms with Crippen LogP contribution in [0.1, 0.15) is 55.4 Å². The van der Waals surface area contributed by atoms with E-state index in [1.165, 1.54) is 0 Å². The van der Waals surface area contributed by atoms with Crippen molar-refractivity contribution in [2.45, 2.75) is 58.2 Å². The lowest BCUT2D eigenvalue weighted by Crippen LogP contribution is -2.40. The second-order valence-corrected chi connectivity index (χ2v) is 8.79. The molecule has 172 valence electrons. The van der Waals surface area contributed by atoms with Crippen molar-refractivity contribution in [3.63, 3.8) is 0 Å². The van der Waals surface area contributed by atoms with Crippen LogP contribution in [0, 0.1) is 0 Å². The zero-order valence-electron chi connectivity index (χ0n) is 19.3. The molecule has 1 aromatic heterocycles. The summed E-state index contributed by atoms with van der Waals surface area (Å²) in [6.07, 6.45) is 2.63. The fourth-order valence-electron chi connectivity index (χ4n) is 4.70. The summed E-state index contributed by atoms with van der Waals surface area (Å²) in [5.41, 5.74) is 2.33. The molecule has 0 bridgehead atoms. The summed E-state index contributed by atoms with van der Waals surface area (Å²) >= 11 is 0. The molecule has 0 unspecified atom stereocenters. The zero-order valence-corrected chi connectivity index (χ0v) is 19.3. The summed E-state index contributed by atoms with van der Waals surface area (Å²) in [4.78, 5) is 38.1. The minimum Gasteiger partial charge on any atom is -0.497 e. The number of rotatable bonds is 6. The molecule has 8 nitrogen and oxygen atoms in total. The van der Waals surface area contributed by atoms with Gasteiger partial charge in [-0.25, -0.2) is 4.98 Å². The van der Waals surface area contributed by atoms with Gasteiger partial charge >= 0.3 is 0 Å². The van der Waals surface area contributed by atoms with Gasteiger partial charge in [0.15, 0.2) is 0 Å². The number of aromatic nitrogens is 2. The summed E-state index contributed by atoms with van der Waals surface area (Å²) in [5.74, 6) is 1.94. The largest absolute Gasteiger partial charge is 0.497 e. The van der Waals surface area contributed by atoms with Crippen LogP contribution in [0.3, 0.4) is 0 Å². The van der Waals surface area contributed by atoms with Gasteiger partial charge in [-0.3, -0.25) is 14.5 Å². The molecule has 2 aliphatic rings. The molecular formula is C24H32N4O4. The van der Waals surface area contributed by atoms with Crippen molar-refractivity contribution in [2.24, 2.45) is 0 Å². The molecule has 0 aliphatic carbocycles. The quantitative estimate of drug-likeness (QED) is 0.743. The van der Waals surface area contributed by atoms with Gasteiger partial charge in [0.1, 0.15) is 17.3 Å². The van der Waals surface area contributed by atoms with Gasteiger partial charge in [-0.05, 0) is 44.9 Å². The Balaban J connectivity index is 1.56. The molecular weight excluding hydrogens is 408 g/mol. The highest BCUT2D eigenvalue weighted by molar-refractivity contribution is 5.80. The van der Waals surface area contributed by atoms with E-state index in [-0.39, 0.29) is 23.9 Å². The van der Waals surface area contributed by atoms with Crippen LogP contribution in [0.2, 0.25) is 0 Å². The van der Waals surface area contributed by atoms with Gasteiger partial charge in [-0.1, -0.05) is 0 Å². The monoisotopic (exact) mass is 440 g/mol. The van der Waals surface area contributed by atoms with E-state index in [4.69, 9.17) is 14.5 Å². The number of likely N-dealkylation sites (tertiary alicyclic amines) is 1. The van der Waals surface area contributed by atoms with Crippen LogP contribution in [-0.2, 0) is 24.2 Å². The number of nitrogens with zero attached hydrogens (tertiary/aromatic N) is 3. The highest BCUT2D eigenvalue weighted by Crippen LogP contribution is 2.32. The van der Waals surface area contributed by atoms with Crippen molar-refractivity contribution < 1.29 is 14.3 Å². The highest BCUT2D eigenvalue weighted by Gasteiger charge is 2.33. The van der Waals surface area contributed by atoms with Crippen molar-refractivity contribution in [1.29, 1.82) is 0 Å². The maximum Gasteiger partial charge on any atom is 0.255 e. The van der Waals surface area contributed by atoms with Crippen LogP contribution < -0.4 is 15.0 Å². The summed E-state index contributed by atoms with van der Waals surface area (Å²) in [6.45, 7) is 6.44. The molecule has 1 atom stereocenters. The number of carbonyl (C=O) groups excluding carboxylic acids is 1. The van der Waals surface area contributed by atoms with Crippen molar-refractivity contribution in [3.8, 4) is 11.5 Å². The van der Waals surface area contributed by atoms with E-state index in [9.17, 15) is 9.59 Å². The first kappa shape index (κ1) is 22.3. The average molecular weight is 441 g/mol. The Morgan fingerprint density at radius 3 is 2.78 bits per heavy atom. The van der Waals surface area contributed by atoms with Gasteiger partial charge < -0.3 is 19.4 Å². The zero-order chi connectivity index (χ0) is 22.8. The lowest BCUT2D eigenvalue weighted by Gasteiger charge is -2.31. The van der Waals surface area contributed by atoms with Crippen LogP contribution in [-0.4, -0.2) is 59.0 Å². The van der Waals surface area contributed by atoms with Gasteiger partial charge in [-0.15, -0.1) is 0 Å². The molecule has 1 aromatic carbocycles. The van der Waals surface area contributed by atoms with Crippen LogP contribution in [0.5, 0.6) is 11.5 Å². The van der Waals surface area contributed by atoms with E-state index in [2.05, 4.69) is 23.7 Å². The predicted molar refractivity (Wildman–Crippen MR) is 121 cm³/mol. The van der Waals surface area contributed by atoms with Crippen molar-refractivity contribution in [1.82, 2.24) is 19.8 Å². The molecule has 0 spiro atoms. The van der Waals surface area contributed by atoms with Gasteiger partial charge in [-0.2, -0.15) is 0 Å². The minimum absolute atomic E-state index is 0.00888. The number of ether oxygens (including phenoxy) is 2. The van der Waals surface area contributed by atoms with E-state index in [1.807, 2.05) is 23.1 Å². The number of aromatic amines is 1. The normalized spacial score (nSPS) is 18.7. The van der Waals surface area contributed by atoms with E-state index >= 15 is 0 Å². The fraction of sp³-hybridized carbons (Fsp3) is 0.542. The average Bonchev–Trinajstić information content (AvgIpc) is 3.29. The van der Waals surface area contributed by atoms with E-state index in [1.54, 1.807) is 14.2 Å². The number of hydrogen-bond donors (Lipinski definition) is 1. The molecule has 8 heteroatoms. The number of fused-ring (bicyclic) bond motifs is 1. The number of H-pyrrole nitrogens is 1. The maximum atomic E-state index is 13.3. The molecule has 1 saturated heterocycles. The predicted octanol–water partition coefficient (Wildman–Crippen LogP) is 2.46. The smallest absolute Gasteiger partial charge is 0.255 e. The maximum absolute atomic E-state index is 13.3. The van der Waals surface area contributed by atoms with Crippen molar-refractivity contribution >= 4 is 5.91 Å². The van der Waals surface area contributed by atoms with Crippen LogP contribution in [0.25, 0.3) is 0 Å². The molecule has 1 N–H and O–H groups in total. The Morgan fingerprint density at radius 1 is 1.25 bits per heavy atom. The first-order valence-electron chi connectivity index (χ1n) is 11.3. The number of hydrogen-bond acceptors (Lipinski definition) is 6. The molecule has 2 aromatic rings. The second-order valence-electron chi connectivity index (χ2n) is 8.79. The Bertz CT molecular complexity index is 1050. The van der Waals surface area contributed by atoms with Crippen LogP contribution >= 0.6 is 0 Å². The summed E-state index contributed by atoms with van der Waals surface area (Å²) in [5, 5.41) is 0. The van der Waals surface area contributed by atoms with Gasteiger partial charge in [0.05, 0.1) is 37.9 Å². The van der Waals surface area contributed by atoms with E-state index in [0.29, 0.717) is 36.5 Å². The Morgan fingerprint density at radius 2 is 2.06 bits per heavy atom. The third-order valence-corrected chi connectivity index (χ3v) is 6.56. The van der Waals surface area contributed by atoms with Gasteiger partial charge in [0.25, 0.3) is 5.56 Å². The minimum atomic E-state index is -0.208. The summed E-state index contributed by atoms with van der Waals surface area (Å²) < 4.78 is 10.7. The summed E-state index contributed by atoms with van der Waals surface area (Å²) in [7, 11) is 3.19. The Kier molecular flexibility index (Phi) is 6.50. The molecule has 1 fully saturated rings. The molecule has 2 aliphatic heterocycles. The molecule has 0 saturated carbocycles. The van der Waals surface area contributed by atoms with Crippen molar-refractivity contribution in [2.75, 3.05) is 27.3 Å². The molecule has 4 rings (SSSR count). The molecule has 3 heterocycles. The van der Waals surface area contributed by atoms with Gasteiger partial charge in [0, 0.05) is 37.7 Å². The highest BCUT2D eigenvalue weighted by atomic mass is 16.5. The lowest BCUT2D eigenvalue weighted by molar-refractivity contribution is -0.131. The summed E-state index contributed by atoms with van der Waals surface area (Å²) in [6, 6.07) is 5.64. The van der Waals surface area contributed by atoms with Crippen LogP contribution in [0.4, 0.5) is 0 Å². The topological polar surface area (TPSA) is 87.8 Å². The van der Waals surface area contributed by atoms with Gasteiger partial charge in [0.2, 0.25) is 5.91 Å². The number of benzene rings is 1. The lowest BCUT2D eigenvalue weighted by atomic mass is 10.0. The van der Waals surface area contributed by atoms with Crippen molar-refractivity contribution in [3.05, 3.63) is 51.2 Å². The number of amides is 1. The first-order valence-corrected chi connectivity index (χ1v) is 11.3. The third-order valence-electron chi connectivity index (χ3n) is 6.56. The fourth-order valence-corrected chi connectivity index (χ4v) is 4.70. The first-order chi connectivity index (χ1) is 15.4. The SMILES string of the molecule is COc1ccc(OC)c(CC(=O)N2CCC[C@H]2c2nc3c(c(=O)[nH]2)CN(C(C)C)CC3)c1. The van der Waals surface area contributed by atoms with E-state index in [0.717, 1.165) is 42.6 Å². The van der Waals surface area contributed by atoms with E-state index < -0.39 is 0 Å². The standard InChI is InChI=1S/C24H32N4O4/c1-15(2)27-11-9-19-18(14-27)24(30)26-23(25-19)20-6-5-10-28(20)22(29)13-16-12-17(31-3)7-8-21(16)32-4/h7-8,12,15,20H,5-6,9-11,13-14H2,1-4H3,(H,25,26,30)/t20-/m0/s1. The molecule has 1 amide bonds. The molecule has 0 radical (unpaired) electrons. The number of carbonyl (C=O) groups is 1. The second kappa shape index (κ2) is 9.32. The Hall–Kier alpha value is -2.87. The third kappa shape index (κ3) is 4.37.